The number of benzene rings is 1. The van der Waals surface area contributed by atoms with Crippen LogP contribution in [0.3, 0.4) is 0 Å². The molecule has 1 aromatic carbocycles. The Hall–Kier alpha value is -2.11. The molecule has 2 saturated carbocycles. The number of aromatic nitrogens is 1. The molecule has 1 saturated heterocycles. The lowest BCUT2D eigenvalue weighted by atomic mass is 9.58. The number of allylic oxidation sites excluding steroid dienone is 1. The highest BCUT2D eigenvalue weighted by molar-refractivity contribution is 5.82. The van der Waals surface area contributed by atoms with Crippen molar-refractivity contribution in [3.63, 3.8) is 0 Å². The second-order valence-electron chi connectivity index (χ2n) is 12.4. The Kier molecular flexibility index (Phi) is 5.08. The van der Waals surface area contributed by atoms with Crippen molar-refractivity contribution in [1.82, 2.24) is 9.88 Å². The topological polar surface area (TPSA) is 25.4 Å². The summed E-state index contributed by atoms with van der Waals surface area (Å²) >= 11 is 0. The van der Waals surface area contributed by atoms with Gasteiger partial charge in [-0.25, -0.2) is 8.78 Å². The van der Waals surface area contributed by atoms with Gasteiger partial charge in [0.1, 0.15) is 0 Å². The molecule has 3 fully saturated rings. The smallest absolute Gasteiger partial charge is 0.251 e. The van der Waals surface area contributed by atoms with Gasteiger partial charge in [0.2, 0.25) is 0 Å². The molecule has 6 atom stereocenters. The summed E-state index contributed by atoms with van der Waals surface area (Å²) in [5, 5.41) is 2.46. The molecule has 190 valence electrons. The summed E-state index contributed by atoms with van der Waals surface area (Å²) in [6, 6.07) is 9.19. The monoisotopic (exact) mass is 490 g/mol. The molecule has 2 aromatic rings. The average molecular weight is 491 g/mol. The third-order valence-corrected chi connectivity index (χ3v) is 10.8. The zero-order valence-electron chi connectivity index (χ0n) is 21.4. The first kappa shape index (κ1) is 23.0. The SMILES string of the molecule is CN(CC(F)F)[C@H]1CCC2=CC3=CC[C@]4(C)C(c5ccc6ccncc6c5)CC[C@H]4[C@@]34CC[C@]2(C1)O4. The minimum absolute atomic E-state index is 0.150. The first-order chi connectivity index (χ1) is 17.3. The van der Waals surface area contributed by atoms with Crippen molar-refractivity contribution in [2.24, 2.45) is 11.3 Å². The van der Waals surface area contributed by atoms with Crippen LogP contribution in [-0.2, 0) is 4.74 Å². The first-order valence-electron chi connectivity index (χ1n) is 13.8. The van der Waals surface area contributed by atoms with E-state index in [9.17, 15) is 8.78 Å². The molecule has 2 aliphatic heterocycles. The molecule has 0 amide bonds. The number of pyridine rings is 1. The van der Waals surface area contributed by atoms with Crippen molar-refractivity contribution >= 4 is 10.8 Å². The van der Waals surface area contributed by atoms with E-state index >= 15 is 0 Å². The van der Waals surface area contributed by atoms with Gasteiger partial charge in [-0.15, -0.1) is 0 Å². The highest BCUT2D eigenvalue weighted by Gasteiger charge is 2.66. The van der Waals surface area contributed by atoms with Crippen molar-refractivity contribution in [3.8, 4) is 0 Å². The molecule has 1 aromatic heterocycles. The highest BCUT2D eigenvalue weighted by Crippen LogP contribution is 2.69. The predicted octanol–water partition coefficient (Wildman–Crippen LogP) is 7.04. The van der Waals surface area contributed by atoms with E-state index in [1.54, 1.807) is 0 Å². The minimum Gasteiger partial charge on any atom is -0.359 e. The van der Waals surface area contributed by atoms with Crippen LogP contribution in [0.2, 0.25) is 0 Å². The number of alkyl halides is 2. The average Bonchev–Trinajstić information content (AvgIpc) is 3.38. The van der Waals surface area contributed by atoms with Crippen LogP contribution in [0.25, 0.3) is 10.8 Å². The summed E-state index contributed by atoms with van der Waals surface area (Å²) in [7, 11) is 1.86. The Morgan fingerprint density at radius 3 is 2.89 bits per heavy atom. The molecule has 3 nitrogen and oxygen atoms in total. The van der Waals surface area contributed by atoms with Gasteiger partial charge in [0.25, 0.3) is 6.43 Å². The summed E-state index contributed by atoms with van der Waals surface area (Å²) < 4.78 is 33.6. The summed E-state index contributed by atoms with van der Waals surface area (Å²) in [4.78, 5) is 6.23. The van der Waals surface area contributed by atoms with Gasteiger partial charge in [-0.1, -0.05) is 31.2 Å². The Morgan fingerprint density at radius 1 is 1.14 bits per heavy atom. The van der Waals surface area contributed by atoms with Gasteiger partial charge in [-0.05, 0) is 110 Å². The van der Waals surface area contributed by atoms with Crippen molar-refractivity contribution in [2.75, 3.05) is 13.6 Å². The normalized spacial score (nSPS) is 39.1. The fourth-order valence-corrected chi connectivity index (χ4v) is 8.99. The summed E-state index contributed by atoms with van der Waals surface area (Å²) in [6.45, 7) is 2.35. The van der Waals surface area contributed by atoms with Crippen molar-refractivity contribution in [3.05, 3.63) is 65.5 Å². The Labute approximate surface area is 212 Å². The van der Waals surface area contributed by atoms with Crippen LogP contribution in [-0.4, -0.2) is 47.1 Å². The maximum Gasteiger partial charge on any atom is 0.251 e. The lowest BCUT2D eigenvalue weighted by Crippen LogP contribution is -2.55. The van der Waals surface area contributed by atoms with E-state index < -0.39 is 6.43 Å². The molecule has 5 aliphatic rings. The molecular weight excluding hydrogens is 454 g/mol. The van der Waals surface area contributed by atoms with E-state index in [-0.39, 0.29) is 29.2 Å². The number of fused-ring (bicyclic) bond motifs is 2. The van der Waals surface area contributed by atoms with Crippen molar-refractivity contribution in [1.29, 1.82) is 0 Å². The van der Waals surface area contributed by atoms with E-state index in [0.717, 1.165) is 38.5 Å². The molecule has 2 spiro atoms. The summed E-state index contributed by atoms with van der Waals surface area (Å²) in [5.41, 5.74) is 3.94. The van der Waals surface area contributed by atoms with Gasteiger partial charge in [0.05, 0.1) is 17.7 Å². The second-order valence-corrected chi connectivity index (χ2v) is 12.4. The van der Waals surface area contributed by atoms with Crippen LogP contribution in [0.5, 0.6) is 0 Å². The molecule has 0 N–H and O–H groups in total. The zero-order chi connectivity index (χ0) is 24.7. The van der Waals surface area contributed by atoms with E-state index in [0.29, 0.717) is 11.8 Å². The van der Waals surface area contributed by atoms with Crippen LogP contribution >= 0.6 is 0 Å². The number of rotatable bonds is 4. The largest absolute Gasteiger partial charge is 0.359 e. The van der Waals surface area contributed by atoms with Gasteiger partial charge >= 0.3 is 0 Å². The predicted molar refractivity (Wildman–Crippen MR) is 138 cm³/mol. The van der Waals surface area contributed by atoms with Gasteiger partial charge in [-0.2, -0.15) is 0 Å². The fourth-order valence-electron chi connectivity index (χ4n) is 8.99. The maximum atomic E-state index is 13.1. The molecule has 7 rings (SSSR count). The molecule has 1 unspecified atom stereocenters. The van der Waals surface area contributed by atoms with E-state index in [4.69, 9.17) is 4.74 Å². The number of nitrogens with zero attached hydrogens (tertiary/aromatic N) is 2. The Morgan fingerprint density at radius 2 is 2.03 bits per heavy atom. The summed E-state index contributed by atoms with van der Waals surface area (Å²) in [6.07, 6.45) is 14.8. The number of halogens is 2. The van der Waals surface area contributed by atoms with E-state index in [1.807, 2.05) is 24.3 Å². The van der Waals surface area contributed by atoms with E-state index in [1.165, 1.54) is 40.3 Å². The quantitative estimate of drug-likeness (QED) is 0.460. The molecule has 3 aliphatic carbocycles. The minimum atomic E-state index is -2.29. The van der Waals surface area contributed by atoms with Crippen molar-refractivity contribution in [2.45, 2.75) is 87.9 Å². The summed E-state index contributed by atoms with van der Waals surface area (Å²) in [5.74, 6) is 0.983. The van der Waals surface area contributed by atoms with Crippen LogP contribution in [0.4, 0.5) is 8.78 Å². The second kappa shape index (κ2) is 7.94. The zero-order valence-corrected chi connectivity index (χ0v) is 21.4. The molecule has 0 radical (unpaired) electrons. The van der Waals surface area contributed by atoms with Crippen molar-refractivity contribution < 1.29 is 13.5 Å². The van der Waals surface area contributed by atoms with Gasteiger partial charge < -0.3 is 4.74 Å². The van der Waals surface area contributed by atoms with Crippen LogP contribution in [0.1, 0.15) is 69.8 Å². The van der Waals surface area contributed by atoms with Gasteiger partial charge in [-0.3, -0.25) is 9.88 Å². The number of hydrogen-bond acceptors (Lipinski definition) is 3. The standard InChI is InChI=1S/C31H36F2N2O/c1-29-11-9-24-16-23-5-6-25(35(2)19-28(32)33)17-30(23)12-13-31(24,36-30)27(29)8-7-26(29)21-4-3-20-10-14-34-18-22(20)15-21/h3-4,9-10,14-16,18,25-28H,5-8,11-13,17,19H2,1-2H3/t25-,26?,27+,29+,30+,31+/m0/s1. The molecule has 2 bridgehead atoms. The number of ether oxygens (including phenoxy) is 1. The Bertz CT molecular complexity index is 1270. The van der Waals surface area contributed by atoms with Gasteiger partial charge in [0.15, 0.2) is 0 Å². The highest BCUT2D eigenvalue weighted by atomic mass is 19.3. The first-order valence-corrected chi connectivity index (χ1v) is 13.8. The van der Waals surface area contributed by atoms with Crippen LogP contribution in [0, 0.1) is 11.3 Å². The molecule has 36 heavy (non-hydrogen) atoms. The molecular formula is C31H36F2N2O. The lowest BCUT2D eigenvalue weighted by molar-refractivity contribution is -0.141. The van der Waals surface area contributed by atoms with Gasteiger partial charge in [0, 0.05) is 23.8 Å². The molecule has 3 heterocycles. The maximum absolute atomic E-state index is 13.1. The van der Waals surface area contributed by atoms with Crippen LogP contribution in [0.15, 0.2) is 60.0 Å². The Balaban J connectivity index is 1.22. The third-order valence-electron chi connectivity index (χ3n) is 10.8. The lowest BCUT2D eigenvalue weighted by Gasteiger charge is -2.55. The molecule has 5 heteroatoms. The van der Waals surface area contributed by atoms with E-state index in [2.05, 4.69) is 48.3 Å². The number of hydrogen-bond donors (Lipinski definition) is 0. The third kappa shape index (κ3) is 3.18. The fraction of sp³-hybridized carbons (Fsp3) is 0.581. The van der Waals surface area contributed by atoms with Crippen LogP contribution < -0.4 is 0 Å².